The minimum atomic E-state index is -0.913. The van der Waals surface area contributed by atoms with E-state index in [1.54, 1.807) is 11.8 Å². The second-order valence-electron chi connectivity index (χ2n) is 9.50. The second-order valence-corrected chi connectivity index (χ2v) is 9.50. The Hall–Kier alpha value is -1.73. The van der Waals surface area contributed by atoms with Crippen molar-refractivity contribution in [3.8, 4) is 0 Å². The van der Waals surface area contributed by atoms with Gasteiger partial charge in [-0.05, 0) is 37.5 Å². The number of amides is 1. The lowest BCUT2D eigenvalue weighted by Crippen LogP contribution is -2.56. The fraction of sp³-hybridized carbons (Fsp3) is 0.682. The minimum Gasteiger partial charge on any atom is -0.443 e. The molecule has 2 heterocycles. The molecule has 0 radical (unpaired) electrons. The first-order valence-corrected chi connectivity index (χ1v) is 10.4. The Labute approximate surface area is 170 Å². The molecule has 1 atom stereocenters. The first kappa shape index (κ1) is 20.5. The van der Waals surface area contributed by atoms with Crippen LogP contribution in [-0.2, 0) is 14.2 Å². The predicted molar refractivity (Wildman–Crippen MR) is 102 cm³/mol. The van der Waals surface area contributed by atoms with Gasteiger partial charge in [0.05, 0.1) is 19.3 Å². The number of ether oxygens (including phenoxy) is 3. The molecule has 1 aromatic carbocycles. The Morgan fingerprint density at radius 3 is 2.24 bits per heavy atom. The molecule has 160 valence electrons. The van der Waals surface area contributed by atoms with Crippen LogP contribution >= 0.6 is 0 Å². The average molecular weight is 409 g/mol. The molecule has 29 heavy (non-hydrogen) atoms. The van der Waals surface area contributed by atoms with Gasteiger partial charge in [-0.1, -0.05) is 19.9 Å². The maximum Gasteiger partial charge on any atom is 0.410 e. The summed E-state index contributed by atoms with van der Waals surface area (Å²) in [6, 6.07) is 3.34. The zero-order valence-corrected chi connectivity index (χ0v) is 17.3. The van der Waals surface area contributed by atoms with Crippen molar-refractivity contribution >= 4 is 6.09 Å². The highest BCUT2D eigenvalue weighted by Crippen LogP contribution is 2.47. The number of halogens is 2. The van der Waals surface area contributed by atoms with Crippen molar-refractivity contribution in [2.24, 2.45) is 5.41 Å². The summed E-state index contributed by atoms with van der Waals surface area (Å²) in [5, 5.41) is 0. The van der Waals surface area contributed by atoms with Crippen LogP contribution in [0.2, 0.25) is 0 Å². The monoisotopic (exact) mass is 409 g/mol. The van der Waals surface area contributed by atoms with E-state index in [9.17, 15) is 13.6 Å². The highest BCUT2D eigenvalue weighted by atomic mass is 19.2. The molecule has 1 unspecified atom stereocenters. The quantitative estimate of drug-likeness (QED) is 0.693. The van der Waals surface area contributed by atoms with E-state index in [4.69, 9.17) is 14.2 Å². The van der Waals surface area contributed by atoms with Gasteiger partial charge in [-0.15, -0.1) is 0 Å². The Morgan fingerprint density at radius 1 is 1.00 bits per heavy atom. The molecule has 0 bridgehead atoms. The molecule has 0 aromatic heterocycles. The number of rotatable bonds is 2. The third-order valence-electron chi connectivity index (χ3n) is 6.62. The molecule has 2 spiro atoms. The summed E-state index contributed by atoms with van der Waals surface area (Å²) < 4.78 is 44.9. The molecule has 1 saturated carbocycles. The van der Waals surface area contributed by atoms with Crippen LogP contribution in [0.5, 0.6) is 0 Å². The van der Waals surface area contributed by atoms with Crippen molar-refractivity contribution in [1.82, 2.24) is 4.90 Å². The zero-order chi connectivity index (χ0) is 20.9. The van der Waals surface area contributed by atoms with Crippen molar-refractivity contribution in [2.45, 2.75) is 70.3 Å². The Morgan fingerprint density at radius 2 is 1.66 bits per heavy atom. The SMILES string of the molecule is CC(c1ccc(F)c(F)c1)N1CCC2(CCC3(CC2)OCC(C)(C)CO3)OC1=O. The van der Waals surface area contributed by atoms with E-state index >= 15 is 0 Å². The van der Waals surface area contributed by atoms with Gasteiger partial charge in [-0.2, -0.15) is 0 Å². The van der Waals surface area contributed by atoms with Gasteiger partial charge in [0, 0.05) is 31.2 Å². The smallest absolute Gasteiger partial charge is 0.410 e. The lowest BCUT2D eigenvalue weighted by Gasteiger charge is -2.51. The molecule has 3 aliphatic rings. The standard InChI is InChI=1S/C22H29F2NO4/c1-15(16-4-5-17(23)18(24)12-16)25-11-10-21(29-19(25)26)6-8-22(9-7-21)27-13-20(2,3)14-28-22/h4-5,12,15H,6-11,13-14H2,1-3H3. The molecule has 4 rings (SSSR count). The van der Waals surface area contributed by atoms with E-state index in [-0.39, 0.29) is 5.41 Å². The van der Waals surface area contributed by atoms with E-state index in [0.29, 0.717) is 57.4 Å². The highest BCUT2D eigenvalue weighted by Gasteiger charge is 2.51. The van der Waals surface area contributed by atoms with Crippen molar-refractivity contribution in [3.63, 3.8) is 0 Å². The van der Waals surface area contributed by atoms with Gasteiger partial charge in [-0.3, -0.25) is 0 Å². The molecule has 2 aliphatic heterocycles. The predicted octanol–water partition coefficient (Wildman–Crippen LogP) is 4.95. The fourth-order valence-electron chi connectivity index (χ4n) is 4.48. The number of hydrogen-bond donors (Lipinski definition) is 0. The van der Waals surface area contributed by atoms with Crippen LogP contribution in [0.15, 0.2) is 18.2 Å². The first-order valence-electron chi connectivity index (χ1n) is 10.4. The van der Waals surface area contributed by atoms with Crippen LogP contribution in [0.4, 0.5) is 13.6 Å². The van der Waals surface area contributed by atoms with E-state index in [2.05, 4.69) is 13.8 Å². The van der Waals surface area contributed by atoms with Gasteiger partial charge in [0.25, 0.3) is 0 Å². The summed E-state index contributed by atoms with van der Waals surface area (Å²) in [7, 11) is 0. The third-order valence-corrected chi connectivity index (χ3v) is 6.62. The Bertz CT molecular complexity index is 777. The molecule has 1 aromatic rings. The maximum absolute atomic E-state index is 13.6. The number of carbonyl (C=O) groups is 1. The van der Waals surface area contributed by atoms with Gasteiger partial charge in [0.2, 0.25) is 0 Å². The summed E-state index contributed by atoms with van der Waals surface area (Å²) in [6.45, 7) is 7.89. The molecule has 5 nitrogen and oxygen atoms in total. The van der Waals surface area contributed by atoms with Crippen LogP contribution in [0.3, 0.4) is 0 Å². The molecule has 2 saturated heterocycles. The van der Waals surface area contributed by atoms with Crippen LogP contribution in [-0.4, -0.2) is 42.1 Å². The van der Waals surface area contributed by atoms with Crippen molar-refractivity contribution < 1.29 is 27.8 Å². The van der Waals surface area contributed by atoms with Crippen LogP contribution in [0.1, 0.15) is 64.5 Å². The molecule has 1 amide bonds. The zero-order valence-electron chi connectivity index (χ0n) is 17.3. The normalized spacial score (nSPS) is 26.4. The van der Waals surface area contributed by atoms with Gasteiger partial charge in [0.1, 0.15) is 5.60 Å². The van der Waals surface area contributed by atoms with E-state index in [1.807, 2.05) is 0 Å². The average Bonchev–Trinajstić information content (AvgIpc) is 2.69. The summed E-state index contributed by atoms with van der Waals surface area (Å²) in [5.74, 6) is -2.36. The van der Waals surface area contributed by atoms with E-state index in [1.165, 1.54) is 6.07 Å². The first-order chi connectivity index (χ1) is 13.6. The van der Waals surface area contributed by atoms with Gasteiger partial charge >= 0.3 is 6.09 Å². The summed E-state index contributed by atoms with van der Waals surface area (Å²) in [4.78, 5) is 14.3. The van der Waals surface area contributed by atoms with Gasteiger partial charge < -0.3 is 19.1 Å². The van der Waals surface area contributed by atoms with Crippen molar-refractivity contribution in [1.29, 1.82) is 0 Å². The largest absolute Gasteiger partial charge is 0.443 e. The summed E-state index contributed by atoms with van der Waals surface area (Å²) in [6.07, 6.45) is 3.11. The Kier molecular flexibility index (Phi) is 5.10. The number of carbonyl (C=O) groups excluding carboxylic acids is 1. The van der Waals surface area contributed by atoms with Crippen molar-refractivity contribution in [2.75, 3.05) is 19.8 Å². The van der Waals surface area contributed by atoms with Gasteiger partial charge in [0.15, 0.2) is 17.4 Å². The molecule has 7 heteroatoms. The molecule has 0 N–H and O–H groups in total. The summed E-state index contributed by atoms with van der Waals surface area (Å²) in [5.41, 5.74) is 0.0755. The van der Waals surface area contributed by atoms with Crippen LogP contribution in [0, 0.1) is 17.0 Å². The molecule has 1 aliphatic carbocycles. The maximum atomic E-state index is 13.6. The van der Waals surface area contributed by atoms with Crippen molar-refractivity contribution in [3.05, 3.63) is 35.4 Å². The minimum absolute atomic E-state index is 0.0220. The number of hydrogen-bond acceptors (Lipinski definition) is 4. The molecule has 3 fully saturated rings. The van der Waals surface area contributed by atoms with E-state index < -0.39 is 35.2 Å². The lowest BCUT2D eigenvalue weighted by molar-refractivity contribution is -0.320. The molecular formula is C22H29F2NO4. The Balaban J connectivity index is 1.38. The van der Waals surface area contributed by atoms with Gasteiger partial charge in [-0.25, -0.2) is 13.6 Å². The highest BCUT2D eigenvalue weighted by molar-refractivity contribution is 5.69. The number of nitrogens with zero attached hydrogens (tertiary/aromatic N) is 1. The lowest BCUT2D eigenvalue weighted by atomic mass is 9.77. The van der Waals surface area contributed by atoms with Crippen LogP contribution < -0.4 is 0 Å². The fourth-order valence-corrected chi connectivity index (χ4v) is 4.48. The third kappa shape index (κ3) is 3.99. The second kappa shape index (κ2) is 7.20. The van der Waals surface area contributed by atoms with Crippen LogP contribution in [0.25, 0.3) is 0 Å². The molecular weight excluding hydrogens is 380 g/mol. The topological polar surface area (TPSA) is 48.0 Å². The van der Waals surface area contributed by atoms with E-state index in [0.717, 1.165) is 12.1 Å². The summed E-state index contributed by atoms with van der Waals surface area (Å²) >= 11 is 0. The number of benzene rings is 1.